The predicted octanol–water partition coefficient (Wildman–Crippen LogP) is 3.81. The molecule has 0 saturated heterocycles. The highest BCUT2D eigenvalue weighted by Crippen LogP contribution is 2.33. The molecular weight excluding hydrogens is 437 g/mol. The maximum absolute atomic E-state index is 13.2. The first-order valence-electron chi connectivity index (χ1n) is 9.08. The van der Waals surface area contributed by atoms with E-state index in [-0.39, 0.29) is 16.5 Å². The van der Waals surface area contributed by atoms with Crippen molar-refractivity contribution in [2.45, 2.75) is 37.9 Å². The van der Waals surface area contributed by atoms with Crippen LogP contribution in [-0.2, 0) is 30.5 Å². The van der Waals surface area contributed by atoms with Gasteiger partial charge >= 0.3 is 12.1 Å². The largest absolute Gasteiger partial charge is 0.462 e. The molecule has 2 rings (SSSR count). The fourth-order valence-corrected chi connectivity index (χ4v) is 4.01. The first-order valence-corrected chi connectivity index (χ1v) is 10.5. The van der Waals surface area contributed by atoms with Crippen molar-refractivity contribution in [2.24, 2.45) is 0 Å². The van der Waals surface area contributed by atoms with Gasteiger partial charge in [-0.3, -0.25) is 13.9 Å². The number of alkyl halides is 3. The van der Waals surface area contributed by atoms with Gasteiger partial charge in [-0.15, -0.1) is 0 Å². The molecule has 7 nitrogen and oxygen atoms in total. The third kappa shape index (κ3) is 6.45. The van der Waals surface area contributed by atoms with Gasteiger partial charge in [-0.2, -0.15) is 13.2 Å². The Labute approximate surface area is 177 Å². The van der Waals surface area contributed by atoms with Gasteiger partial charge in [0.05, 0.1) is 22.3 Å². The highest BCUT2D eigenvalue weighted by Gasteiger charge is 2.33. The number of anilines is 2. The number of sulfonamides is 1. The van der Waals surface area contributed by atoms with Crippen molar-refractivity contribution < 1.29 is 35.9 Å². The van der Waals surface area contributed by atoms with Gasteiger partial charge in [-0.25, -0.2) is 8.42 Å². The number of halogens is 3. The number of esters is 1. The third-order valence-corrected chi connectivity index (χ3v) is 5.65. The van der Waals surface area contributed by atoms with Gasteiger partial charge in [-0.1, -0.05) is 6.07 Å². The van der Waals surface area contributed by atoms with E-state index in [1.165, 1.54) is 31.2 Å². The van der Waals surface area contributed by atoms with Crippen molar-refractivity contribution in [1.29, 1.82) is 0 Å². The molecule has 0 aliphatic rings. The van der Waals surface area contributed by atoms with Crippen molar-refractivity contribution in [3.63, 3.8) is 0 Å². The predicted molar refractivity (Wildman–Crippen MR) is 108 cm³/mol. The van der Waals surface area contributed by atoms with E-state index in [0.717, 1.165) is 18.2 Å². The van der Waals surface area contributed by atoms with Crippen molar-refractivity contribution in [1.82, 2.24) is 0 Å². The Morgan fingerprint density at radius 2 is 1.71 bits per heavy atom. The van der Waals surface area contributed by atoms with Crippen LogP contribution in [0.4, 0.5) is 24.5 Å². The minimum atomic E-state index is -4.70. The van der Waals surface area contributed by atoms with Gasteiger partial charge < -0.3 is 10.1 Å². The molecule has 0 heterocycles. The van der Waals surface area contributed by atoms with Gasteiger partial charge in [0.2, 0.25) is 5.91 Å². The lowest BCUT2D eigenvalue weighted by Gasteiger charge is -2.25. The Bertz CT molecular complexity index is 1050. The average molecular weight is 458 g/mol. The summed E-state index contributed by atoms with van der Waals surface area (Å²) in [6, 6.07) is 8.64. The summed E-state index contributed by atoms with van der Waals surface area (Å²) in [6.45, 7) is 3.57. The number of nitrogens with zero attached hydrogens (tertiary/aromatic N) is 1. The molecule has 11 heteroatoms. The van der Waals surface area contributed by atoms with Gasteiger partial charge in [0.25, 0.3) is 10.0 Å². The summed E-state index contributed by atoms with van der Waals surface area (Å²) >= 11 is 0. The minimum absolute atomic E-state index is 0.281. The van der Waals surface area contributed by atoms with Crippen LogP contribution in [0.5, 0.6) is 0 Å². The Morgan fingerprint density at radius 1 is 1.10 bits per heavy atom. The molecule has 0 spiro atoms. The van der Waals surface area contributed by atoms with Crippen LogP contribution in [0.2, 0.25) is 0 Å². The Balaban J connectivity index is 2.51. The van der Waals surface area contributed by atoms with Crippen molar-refractivity contribution in [3.8, 4) is 0 Å². The van der Waals surface area contributed by atoms with Gasteiger partial charge in [-0.05, 0) is 56.3 Å². The SMILES string of the molecule is CC(=O)Nc1ccc(S(=O)(=O)N(CC(=O)OC(C)C)c2cccc(C(F)(F)F)c2)cc1. The molecule has 31 heavy (non-hydrogen) atoms. The molecule has 1 N–H and O–H groups in total. The van der Waals surface area contributed by atoms with Crippen LogP contribution >= 0.6 is 0 Å². The summed E-state index contributed by atoms with van der Waals surface area (Å²) in [5.41, 5.74) is -1.08. The Hall–Kier alpha value is -3.08. The molecule has 168 valence electrons. The summed E-state index contributed by atoms with van der Waals surface area (Å²) < 4.78 is 71.4. The van der Waals surface area contributed by atoms with Crippen molar-refractivity contribution in [3.05, 3.63) is 54.1 Å². The Morgan fingerprint density at radius 3 is 2.23 bits per heavy atom. The summed E-state index contributed by atoms with van der Waals surface area (Å²) in [7, 11) is -4.44. The number of ether oxygens (including phenoxy) is 1. The van der Waals surface area contributed by atoms with Crippen LogP contribution in [0, 0.1) is 0 Å². The number of benzene rings is 2. The first-order chi connectivity index (χ1) is 14.3. The van der Waals surface area contributed by atoms with Crippen LogP contribution in [0.3, 0.4) is 0 Å². The molecule has 0 atom stereocenters. The van der Waals surface area contributed by atoms with E-state index in [0.29, 0.717) is 16.1 Å². The molecule has 0 fully saturated rings. The van der Waals surface area contributed by atoms with E-state index in [9.17, 15) is 31.2 Å². The van der Waals surface area contributed by atoms with E-state index >= 15 is 0 Å². The molecule has 0 aliphatic carbocycles. The zero-order valence-corrected chi connectivity index (χ0v) is 17.8. The molecule has 0 aliphatic heterocycles. The zero-order chi connectivity index (χ0) is 23.4. The van der Waals surface area contributed by atoms with E-state index < -0.39 is 40.4 Å². The van der Waals surface area contributed by atoms with Crippen LogP contribution in [-0.4, -0.2) is 32.9 Å². The monoisotopic (exact) mass is 458 g/mol. The zero-order valence-electron chi connectivity index (χ0n) is 16.9. The van der Waals surface area contributed by atoms with Crippen molar-refractivity contribution in [2.75, 3.05) is 16.2 Å². The summed E-state index contributed by atoms with van der Waals surface area (Å²) in [5, 5.41) is 2.48. The molecule has 1 amide bonds. The molecule has 0 saturated carbocycles. The number of rotatable bonds is 7. The fraction of sp³-hybridized carbons (Fsp3) is 0.300. The summed E-state index contributed by atoms with van der Waals surface area (Å²) in [4.78, 5) is 23.0. The number of hydrogen-bond acceptors (Lipinski definition) is 5. The number of carbonyl (C=O) groups excluding carboxylic acids is 2. The van der Waals surface area contributed by atoms with Crippen LogP contribution in [0.25, 0.3) is 0 Å². The second-order valence-electron chi connectivity index (χ2n) is 6.80. The van der Waals surface area contributed by atoms with Gasteiger partial charge in [0, 0.05) is 12.6 Å². The highest BCUT2D eigenvalue weighted by atomic mass is 32.2. The first kappa shape index (κ1) is 24.2. The molecule has 0 bridgehead atoms. The smallest absolute Gasteiger partial charge is 0.416 e. The van der Waals surface area contributed by atoms with Gasteiger partial charge in [0.1, 0.15) is 6.54 Å². The lowest BCUT2D eigenvalue weighted by Crippen LogP contribution is -2.37. The minimum Gasteiger partial charge on any atom is -0.462 e. The maximum Gasteiger partial charge on any atom is 0.416 e. The summed E-state index contributed by atoms with van der Waals surface area (Å²) in [6.07, 6.45) is -5.25. The maximum atomic E-state index is 13.2. The molecule has 2 aromatic rings. The molecular formula is C20H21F3N2O5S. The molecule has 0 aromatic heterocycles. The van der Waals surface area contributed by atoms with Crippen LogP contribution in [0.1, 0.15) is 26.3 Å². The standard InChI is InChI=1S/C20H21F3N2O5S/c1-13(2)30-19(27)12-25(17-6-4-5-15(11-17)20(21,22)23)31(28,29)18-9-7-16(8-10-18)24-14(3)26/h4-11,13H,12H2,1-3H3,(H,24,26). The number of nitrogens with one attached hydrogen (secondary N) is 1. The second kappa shape index (κ2) is 9.38. The Kier molecular flexibility index (Phi) is 7.32. The van der Waals surface area contributed by atoms with Gasteiger partial charge in [0.15, 0.2) is 0 Å². The van der Waals surface area contributed by atoms with E-state index in [2.05, 4.69) is 5.32 Å². The van der Waals surface area contributed by atoms with E-state index in [1.807, 2.05) is 0 Å². The average Bonchev–Trinajstić information content (AvgIpc) is 2.65. The lowest BCUT2D eigenvalue weighted by molar-refractivity contribution is -0.145. The van der Waals surface area contributed by atoms with E-state index in [4.69, 9.17) is 4.74 Å². The normalized spacial score (nSPS) is 11.8. The second-order valence-corrected chi connectivity index (χ2v) is 8.67. The van der Waals surface area contributed by atoms with Crippen molar-refractivity contribution >= 4 is 33.3 Å². The highest BCUT2D eigenvalue weighted by molar-refractivity contribution is 7.92. The molecule has 0 radical (unpaired) electrons. The number of hydrogen-bond donors (Lipinski definition) is 1. The summed E-state index contributed by atoms with van der Waals surface area (Å²) in [5.74, 6) is -1.29. The quantitative estimate of drug-likeness (QED) is 0.637. The third-order valence-electron chi connectivity index (χ3n) is 3.86. The lowest BCUT2D eigenvalue weighted by atomic mass is 10.2. The molecule has 0 unspecified atom stereocenters. The van der Waals surface area contributed by atoms with Crippen LogP contribution in [0.15, 0.2) is 53.4 Å². The fourth-order valence-electron chi connectivity index (χ4n) is 2.61. The molecule has 2 aromatic carbocycles. The topological polar surface area (TPSA) is 92.8 Å². The van der Waals surface area contributed by atoms with Crippen LogP contribution < -0.4 is 9.62 Å². The number of amides is 1. The van der Waals surface area contributed by atoms with E-state index in [1.54, 1.807) is 13.8 Å². The number of carbonyl (C=O) groups is 2.